The molecule has 150 valence electrons. The lowest BCUT2D eigenvalue weighted by molar-refractivity contribution is -0.147. The first-order chi connectivity index (χ1) is 12.9. The number of methoxy groups -OCH3 is 1. The average Bonchev–Trinajstić information content (AvgIpc) is 2.97. The molecule has 7 nitrogen and oxygen atoms in total. The van der Waals surface area contributed by atoms with Crippen molar-refractivity contribution in [2.75, 3.05) is 26.9 Å². The fourth-order valence-electron chi connectivity index (χ4n) is 2.69. The summed E-state index contributed by atoms with van der Waals surface area (Å²) in [5, 5.41) is 0.401. The number of esters is 1. The summed E-state index contributed by atoms with van der Waals surface area (Å²) in [6.07, 6.45) is 0.495. The van der Waals surface area contributed by atoms with Crippen LogP contribution < -0.4 is 0 Å². The van der Waals surface area contributed by atoms with Gasteiger partial charge in [0, 0.05) is 28.5 Å². The van der Waals surface area contributed by atoms with E-state index in [2.05, 4.69) is 12.6 Å². The Bertz CT molecular complexity index is 749. The zero-order valence-electron chi connectivity index (χ0n) is 15.4. The Morgan fingerprint density at radius 3 is 2.48 bits per heavy atom. The van der Waals surface area contributed by atoms with E-state index in [1.807, 2.05) is 0 Å². The Morgan fingerprint density at radius 2 is 1.93 bits per heavy atom. The van der Waals surface area contributed by atoms with Gasteiger partial charge in [-0.15, -0.1) is 12.6 Å². The summed E-state index contributed by atoms with van der Waals surface area (Å²) in [4.78, 5) is 14.7. The maximum Gasteiger partial charge on any atom is 0.531 e. The van der Waals surface area contributed by atoms with E-state index in [9.17, 15) is 9.36 Å². The van der Waals surface area contributed by atoms with Crippen LogP contribution in [0.25, 0.3) is 0 Å². The smallest absolute Gasteiger partial charge is 0.467 e. The molecule has 1 aromatic rings. The molecule has 1 atom stereocenters. The van der Waals surface area contributed by atoms with Gasteiger partial charge in [-0.25, -0.2) is 9.36 Å². The first-order valence-electron chi connectivity index (χ1n) is 8.46. The van der Waals surface area contributed by atoms with Crippen LogP contribution in [0.5, 0.6) is 0 Å². The molecule has 0 bridgehead atoms. The van der Waals surface area contributed by atoms with Crippen LogP contribution in [-0.2, 0) is 27.7 Å². The molecule has 0 amide bonds. The molecule has 1 aromatic carbocycles. The van der Waals surface area contributed by atoms with Crippen molar-refractivity contribution in [3.8, 4) is 0 Å². The van der Waals surface area contributed by atoms with Crippen LogP contribution in [-0.4, -0.2) is 37.7 Å². The SMILES string of the molecule is CCOP(=O)(OCC)OC1=C(S)CCN1[C@H](C(=O)OC)c1ccccc1Cl. The van der Waals surface area contributed by atoms with E-state index in [0.29, 0.717) is 28.5 Å². The molecular weight excluding hydrogens is 413 g/mol. The molecule has 10 heteroatoms. The lowest BCUT2D eigenvalue weighted by atomic mass is 10.1. The van der Waals surface area contributed by atoms with Crippen molar-refractivity contribution < 1.29 is 27.7 Å². The predicted molar refractivity (Wildman–Crippen MR) is 105 cm³/mol. The molecule has 0 fully saturated rings. The van der Waals surface area contributed by atoms with E-state index >= 15 is 0 Å². The van der Waals surface area contributed by atoms with Gasteiger partial charge in [0.25, 0.3) is 0 Å². The Morgan fingerprint density at radius 1 is 1.30 bits per heavy atom. The van der Waals surface area contributed by atoms with Gasteiger partial charge < -0.3 is 14.2 Å². The van der Waals surface area contributed by atoms with Crippen LogP contribution in [0.4, 0.5) is 0 Å². The van der Waals surface area contributed by atoms with Crippen LogP contribution in [0, 0.1) is 0 Å². The third kappa shape index (κ3) is 5.21. The molecule has 0 saturated carbocycles. The van der Waals surface area contributed by atoms with Crippen molar-refractivity contribution in [1.82, 2.24) is 4.90 Å². The number of rotatable bonds is 9. The summed E-state index contributed by atoms with van der Waals surface area (Å²) < 4.78 is 33.8. The molecule has 0 aromatic heterocycles. The number of benzene rings is 1. The lowest BCUT2D eigenvalue weighted by Crippen LogP contribution is -2.33. The zero-order chi connectivity index (χ0) is 20.0. The molecule has 0 N–H and O–H groups in total. The van der Waals surface area contributed by atoms with Gasteiger partial charge in [-0.1, -0.05) is 29.8 Å². The minimum atomic E-state index is -3.86. The van der Waals surface area contributed by atoms with Gasteiger partial charge >= 0.3 is 13.8 Å². The standard InChI is InChI=1S/C17H23ClNO6PS/c1-4-23-26(21,24-5-2)25-16-14(27)10-11-19(16)15(17(20)22-3)12-8-6-7-9-13(12)18/h6-9,15,27H,4-5,10-11H2,1-3H3/t15-/m0/s1. The number of ether oxygens (including phenoxy) is 1. The highest BCUT2D eigenvalue weighted by atomic mass is 35.5. The van der Waals surface area contributed by atoms with Crippen LogP contribution in [0.15, 0.2) is 35.1 Å². The van der Waals surface area contributed by atoms with Crippen molar-refractivity contribution in [2.24, 2.45) is 0 Å². The van der Waals surface area contributed by atoms with Crippen LogP contribution in [0.1, 0.15) is 31.9 Å². The number of phosphoric acid groups is 1. The van der Waals surface area contributed by atoms with Gasteiger partial charge in [-0.3, -0.25) is 9.05 Å². The number of halogens is 1. The molecule has 0 radical (unpaired) electrons. The molecule has 27 heavy (non-hydrogen) atoms. The number of thiol groups is 1. The molecule has 1 aliphatic rings. The van der Waals surface area contributed by atoms with Crippen LogP contribution >= 0.6 is 32.1 Å². The van der Waals surface area contributed by atoms with Crippen LogP contribution in [0.3, 0.4) is 0 Å². The fourth-order valence-corrected chi connectivity index (χ4v) is 4.52. The highest BCUT2D eigenvalue weighted by Gasteiger charge is 2.40. The highest BCUT2D eigenvalue weighted by molar-refractivity contribution is 7.84. The van der Waals surface area contributed by atoms with Crippen molar-refractivity contribution in [1.29, 1.82) is 0 Å². The lowest BCUT2D eigenvalue weighted by Gasteiger charge is -2.31. The Labute approximate surface area is 169 Å². The number of nitrogens with zero attached hydrogens (tertiary/aromatic N) is 1. The van der Waals surface area contributed by atoms with E-state index < -0.39 is 19.8 Å². The monoisotopic (exact) mass is 435 g/mol. The van der Waals surface area contributed by atoms with Gasteiger partial charge in [0.2, 0.25) is 5.88 Å². The number of phosphoric ester groups is 1. The second kappa shape index (κ2) is 9.85. The van der Waals surface area contributed by atoms with E-state index in [1.54, 1.807) is 43.0 Å². The van der Waals surface area contributed by atoms with Crippen molar-refractivity contribution in [2.45, 2.75) is 26.3 Å². The molecule has 0 unspecified atom stereocenters. The summed E-state index contributed by atoms with van der Waals surface area (Å²) in [7, 11) is -2.57. The normalized spacial score (nSPS) is 15.8. The van der Waals surface area contributed by atoms with Crippen molar-refractivity contribution >= 4 is 38.0 Å². The Balaban J connectivity index is 2.43. The fraction of sp³-hybridized carbons (Fsp3) is 0.471. The minimum Gasteiger partial charge on any atom is -0.467 e. The highest BCUT2D eigenvalue weighted by Crippen LogP contribution is 2.54. The molecular formula is C17H23ClNO6PS. The van der Waals surface area contributed by atoms with E-state index in [0.717, 1.165) is 0 Å². The minimum absolute atomic E-state index is 0.136. The summed E-state index contributed by atoms with van der Waals surface area (Å²) in [5.74, 6) is -0.381. The maximum atomic E-state index is 12.8. The average molecular weight is 436 g/mol. The number of carbonyl (C=O) groups excluding carboxylic acids is 1. The topological polar surface area (TPSA) is 74.3 Å². The quantitative estimate of drug-likeness (QED) is 0.346. The van der Waals surface area contributed by atoms with Crippen LogP contribution in [0.2, 0.25) is 5.02 Å². The van der Waals surface area contributed by atoms with Gasteiger partial charge in [-0.05, 0) is 19.9 Å². The third-order valence-electron chi connectivity index (χ3n) is 3.81. The second-order valence-corrected chi connectivity index (χ2v) is 8.06. The summed E-state index contributed by atoms with van der Waals surface area (Å²) in [5.41, 5.74) is 0.540. The molecule has 1 aliphatic heterocycles. The molecule has 0 saturated heterocycles. The van der Waals surface area contributed by atoms with E-state index in [-0.39, 0.29) is 19.1 Å². The maximum absolute atomic E-state index is 12.8. The largest absolute Gasteiger partial charge is 0.531 e. The zero-order valence-corrected chi connectivity index (χ0v) is 17.9. The molecule has 0 spiro atoms. The Hall–Kier alpha value is -1.18. The second-order valence-electron chi connectivity index (χ2n) is 5.52. The molecule has 1 heterocycles. The van der Waals surface area contributed by atoms with E-state index in [4.69, 9.17) is 29.9 Å². The summed E-state index contributed by atoms with van der Waals surface area (Å²) in [6, 6.07) is 6.05. The van der Waals surface area contributed by atoms with Gasteiger partial charge in [0.05, 0.1) is 20.3 Å². The van der Waals surface area contributed by atoms with E-state index in [1.165, 1.54) is 7.11 Å². The number of hydrogen-bond donors (Lipinski definition) is 1. The number of carbonyl (C=O) groups is 1. The Kier molecular flexibility index (Phi) is 8.06. The van der Waals surface area contributed by atoms with Gasteiger partial charge in [-0.2, -0.15) is 0 Å². The van der Waals surface area contributed by atoms with Crippen molar-refractivity contribution in [3.63, 3.8) is 0 Å². The number of hydrogen-bond acceptors (Lipinski definition) is 8. The first kappa shape index (κ1) is 22.1. The molecule has 2 rings (SSSR count). The first-order valence-corrected chi connectivity index (χ1v) is 10.7. The predicted octanol–water partition coefficient (Wildman–Crippen LogP) is 4.56. The van der Waals surface area contributed by atoms with Gasteiger partial charge in [0.1, 0.15) is 0 Å². The van der Waals surface area contributed by atoms with Crippen molar-refractivity contribution in [3.05, 3.63) is 45.6 Å². The summed E-state index contributed by atoms with van der Waals surface area (Å²) in [6.45, 7) is 4.03. The molecule has 0 aliphatic carbocycles. The van der Waals surface area contributed by atoms with Gasteiger partial charge in [0.15, 0.2) is 6.04 Å². The third-order valence-corrected chi connectivity index (χ3v) is 6.11. The summed E-state index contributed by atoms with van der Waals surface area (Å²) >= 11 is 10.7.